The lowest BCUT2D eigenvalue weighted by molar-refractivity contribution is 0.0935. The second-order valence-corrected chi connectivity index (χ2v) is 5.99. The minimum atomic E-state index is -0.0967. The molecule has 0 saturated carbocycles. The Labute approximate surface area is 108 Å². The van der Waals surface area contributed by atoms with E-state index in [9.17, 15) is 4.79 Å². The molecule has 1 aromatic heterocycles. The van der Waals surface area contributed by atoms with E-state index in [0.29, 0.717) is 11.6 Å². The number of aromatic nitrogens is 2. The number of amides is 1. The van der Waals surface area contributed by atoms with Gasteiger partial charge in [0, 0.05) is 31.2 Å². The molecule has 0 bridgehead atoms. The SMILES string of the molecule is Cc1cc(C(=O)NCC2CNC2)nn1C(C)(C)C. The minimum absolute atomic E-state index is 0.0759. The van der Waals surface area contributed by atoms with Gasteiger partial charge < -0.3 is 10.6 Å². The highest BCUT2D eigenvalue weighted by molar-refractivity contribution is 5.92. The van der Waals surface area contributed by atoms with Gasteiger partial charge in [-0.25, -0.2) is 0 Å². The van der Waals surface area contributed by atoms with E-state index in [1.807, 2.05) is 17.7 Å². The Morgan fingerprint density at radius 1 is 1.56 bits per heavy atom. The predicted molar refractivity (Wildman–Crippen MR) is 70.7 cm³/mol. The van der Waals surface area contributed by atoms with E-state index in [4.69, 9.17) is 0 Å². The zero-order valence-electron chi connectivity index (χ0n) is 11.6. The van der Waals surface area contributed by atoms with E-state index in [1.165, 1.54) is 0 Å². The molecule has 1 aromatic rings. The van der Waals surface area contributed by atoms with Gasteiger partial charge in [-0.3, -0.25) is 9.48 Å². The Kier molecular flexibility index (Phi) is 3.43. The van der Waals surface area contributed by atoms with Crippen molar-refractivity contribution in [3.05, 3.63) is 17.5 Å². The molecule has 5 nitrogen and oxygen atoms in total. The summed E-state index contributed by atoms with van der Waals surface area (Å²) in [4.78, 5) is 12.0. The first-order valence-corrected chi connectivity index (χ1v) is 6.44. The van der Waals surface area contributed by atoms with E-state index in [0.717, 1.165) is 25.3 Å². The Balaban J connectivity index is 2.01. The third-order valence-corrected chi connectivity index (χ3v) is 3.17. The average Bonchev–Trinajstić information content (AvgIpc) is 2.57. The smallest absolute Gasteiger partial charge is 0.271 e. The van der Waals surface area contributed by atoms with E-state index in [2.05, 4.69) is 36.5 Å². The fourth-order valence-electron chi connectivity index (χ4n) is 2.08. The number of hydrogen-bond acceptors (Lipinski definition) is 3. The summed E-state index contributed by atoms with van der Waals surface area (Å²) in [5.41, 5.74) is 1.42. The van der Waals surface area contributed by atoms with Crippen LogP contribution in [0.5, 0.6) is 0 Å². The molecule has 0 atom stereocenters. The van der Waals surface area contributed by atoms with Gasteiger partial charge in [-0.05, 0) is 33.8 Å². The van der Waals surface area contributed by atoms with Crippen molar-refractivity contribution in [3.63, 3.8) is 0 Å². The highest BCUT2D eigenvalue weighted by Gasteiger charge is 2.21. The molecule has 1 aliphatic rings. The number of nitrogens with zero attached hydrogens (tertiary/aromatic N) is 2. The van der Waals surface area contributed by atoms with Gasteiger partial charge in [0.25, 0.3) is 5.91 Å². The molecule has 0 aliphatic carbocycles. The molecule has 100 valence electrons. The molecule has 1 amide bonds. The number of rotatable bonds is 3. The lowest BCUT2D eigenvalue weighted by atomic mass is 10.0. The summed E-state index contributed by atoms with van der Waals surface area (Å²) >= 11 is 0. The van der Waals surface area contributed by atoms with Crippen LogP contribution < -0.4 is 10.6 Å². The summed E-state index contributed by atoms with van der Waals surface area (Å²) in [5.74, 6) is 0.493. The first kappa shape index (κ1) is 13.1. The summed E-state index contributed by atoms with van der Waals surface area (Å²) in [6, 6.07) is 1.85. The van der Waals surface area contributed by atoms with Crippen LogP contribution in [-0.2, 0) is 5.54 Å². The quantitative estimate of drug-likeness (QED) is 0.838. The largest absolute Gasteiger partial charge is 0.350 e. The topological polar surface area (TPSA) is 59.0 Å². The van der Waals surface area contributed by atoms with E-state index in [1.54, 1.807) is 0 Å². The number of aryl methyl sites for hydroxylation is 1. The summed E-state index contributed by atoms with van der Waals surface area (Å²) in [7, 11) is 0. The number of nitrogens with one attached hydrogen (secondary N) is 2. The standard InChI is InChI=1S/C13H22N4O/c1-9-5-11(16-17(9)13(2,3)4)12(18)15-8-10-6-14-7-10/h5,10,14H,6-8H2,1-4H3,(H,15,18). The van der Waals surface area contributed by atoms with Crippen molar-refractivity contribution in [3.8, 4) is 0 Å². The van der Waals surface area contributed by atoms with Crippen LogP contribution in [0.15, 0.2) is 6.07 Å². The molecule has 1 fully saturated rings. The first-order valence-electron chi connectivity index (χ1n) is 6.44. The van der Waals surface area contributed by atoms with Crippen LogP contribution >= 0.6 is 0 Å². The molecule has 2 rings (SSSR count). The minimum Gasteiger partial charge on any atom is -0.350 e. The van der Waals surface area contributed by atoms with Crippen LogP contribution in [0.2, 0.25) is 0 Å². The highest BCUT2D eigenvalue weighted by Crippen LogP contribution is 2.16. The molecule has 1 aliphatic heterocycles. The molecule has 0 spiro atoms. The molecule has 0 unspecified atom stereocenters. The third-order valence-electron chi connectivity index (χ3n) is 3.17. The maximum atomic E-state index is 12.0. The van der Waals surface area contributed by atoms with Gasteiger partial charge in [-0.15, -0.1) is 0 Å². The van der Waals surface area contributed by atoms with Gasteiger partial charge in [0.15, 0.2) is 0 Å². The zero-order chi connectivity index (χ0) is 13.3. The van der Waals surface area contributed by atoms with Gasteiger partial charge in [0.05, 0.1) is 5.54 Å². The van der Waals surface area contributed by atoms with Crippen molar-refractivity contribution in [1.82, 2.24) is 20.4 Å². The Hall–Kier alpha value is -1.36. The number of hydrogen-bond donors (Lipinski definition) is 2. The van der Waals surface area contributed by atoms with Crippen molar-refractivity contribution >= 4 is 5.91 Å². The average molecular weight is 250 g/mol. The normalized spacial score (nSPS) is 16.4. The van der Waals surface area contributed by atoms with Gasteiger partial charge >= 0.3 is 0 Å². The van der Waals surface area contributed by atoms with Gasteiger partial charge in [-0.1, -0.05) is 0 Å². The fraction of sp³-hybridized carbons (Fsp3) is 0.692. The van der Waals surface area contributed by atoms with Crippen molar-refractivity contribution < 1.29 is 4.79 Å². The van der Waals surface area contributed by atoms with Crippen LogP contribution in [0, 0.1) is 12.8 Å². The van der Waals surface area contributed by atoms with E-state index < -0.39 is 0 Å². The molecule has 18 heavy (non-hydrogen) atoms. The van der Waals surface area contributed by atoms with Crippen LogP contribution in [0.4, 0.5) is 0 Å². The molecule has 2 N–H and O–H groups in total. The van der Waals surface area contributed by atoms with Crippen LogP contribution in [0.1, 0.15) is 37.0 Å². The van der Waals surface area contributed by atoms with Crippen molar-refractivity contribution in [2.75, 3.05) is 19.6 Å². The third kappa shape index (κ3) is 2.72. The Morgan fingerprint density at radius 2 is 2.22 bits per heavy atom. The van der Waals surface area contributed by atoms with E-state index in [-0.39, 0.29) is 11.4 Å². The summed E-state index contributed by atoms with van der Waals surface area (Å²) < 4.78 is 1.90. The van der Waals surface area contributed by atoms with E-state index >= 15 is 0 Å². The summed E-state index contributed by atoms with van der Waals surface area (Å²) in [5, 5.41) is 10.5. The molecular weight excluding hydrogens is 228 g/mol. The molecular formula is C13H22N4O. The van der Waals surface area contributed by atoms with Crippen molar-refractivity contribution in [2.45, 2.75) is 33.2 Å². The molecule has 5 heteroatoms. The fourth-order valence-corrected chi connectivity index (χ4v) is 2.08. The Bertz CT molecular complexity index is 440. The maximum absolute atomic E-state index is 12.0. The number of carbonyl (C=O) groups is 1. The lowest BCUT2D eigenvalue weighted by Gasteiger charge is -2.26. The van der Waals surface area contributed by atoms with Crippen molar-refractivity contribution in [1.29, 1.82) is 0 Å². The van der Waals surface area contributed by atoms with Crippen LogP contribution in [0.3, 0.4) is 0 Å². The van der Waals surface area contributed by atoms with Crippen LogP contribution in [0.25, 0.3) is 0 Å². The second-order valence-electron chi connectivity index (χ2n) is 5.99. The molecule has 2 heterocycles. The van der Waals surface area contributed by atoms with Gasteiger partial charge in [0.1, 0.15) is 5.69 Å². The molecule has 1 saturated heterocycles. The van der Waals surface area contributed by atoms with Gasteiger partial charge in [0.2, 0.25) is 0 Å². The molecule has 0 radical (unpaired) electrons. The first-order chi connectivity index (χ1) is 8.38. The maximum Gasteiger partial charge on any atom is 0.271 e. The van der Waals surface area contributed by atoms with Gasteiger partial charge in [-0.2, -0.15) is 5.10 Å². The predicted octanol–water partition coefficient (Wildman–Crippen LogP) is 0.896. The number of carbonyl (C=O) groups excluding carboxylic acids is 1. The highest BCUT2D eigenvalue weighted by atomic mass is 16.1. The second kappa shape index (κ2) is 4.72. The van der Waals surface area contributed by atoms with Crippen LogP contribution in [-0.4, -0.2) is 35.3 Å². The summed E-state index contributed by atoms with van der Waals surface area (Å²) in [6.07, 6.45) is 0. The summed E-state index contributed by atoms with van der Waals surface area (Å²) in [6.45, 7) is 10.9. The van der Waals surface area contributed by atoms with Crippen molar-refractivity contribution in [2.24, 2.45) is 5.92 Å². The lowest BCUT2D eigenvalue weighted by Crippen LogP contribution is -2.48. The Morgan fingerprint density at radius 3 is 2.67 bits per heavy atom. The molecule has 0 aromatic carbocycles. The zero-order valence-corrected chi connectivity index (χ0v) is 11.6. The monoisotopic (exact) mass is 250 g/mol.